The average molecular weight is 421 g/mol. The topological polar surface area (TPSA) is 67.4 Å². The molecule has 2 amide bonds. The highest BCUT2D eigenvalue weighted by Gasteiger charge is 2.44. The molecular weight excluding hydrogens is 399 g/mol. The van der Waals surface area contributed by atoms with Crippen molar-refractivity contribution in [1.82, 2.24) is 10.9 Å². The Morgan fingerprint density at radius 2 is 1.93 bits per heavy atom. The number of hydrogen-bond acceptors (Lipinski definition) is 3. The second-order valence-corrected chi connectivity index (χ2v) is 7.71. The Labute approximate surface area is 174 Å². The van der Waals surface area contributed by atoms with E-state index < -0.39 is 0 Å². The Bertz CT molecular complexity index is 872. The maximum Gasteiger partial charge on any atom is 0.242 e. The van der Waals surface area contributed by atoms with Crippen molar-refractivity contribution < 1.29 is 14.3 Å². The Morgan fingerprint density at radius 3 is 2.68 bits per heavy atom. The fourth-order valence-electron chi connectivity index (χ4n) is 3.08. The number of amides is 2. The first-order chi connectivity index (χ1) is 13.5. The van der Waals surface area contributed by atoms with E-state index in [0.29, 0.717) is 23.1 Å². The highest BCUT2D eigenvalue weighted by atomic mass is 35.5. The van der Waals surface area contributed by atoms with E-state index in [0.717, 1.165) is 23.3 Å². The molecule has 0 heterocycles. The quantitative estimate of drug-likeness (QED) is 0.514. The van der Waals surface area contributed by atoms with Crippen LogP contribution in [0.3, 0.4) is 0 Å². The van der Waals surface area contributed by atoms with Crippen molar-refractivity contribution in [3.8, 4) is 5.75 Å². The van der Waals surface area contributed by atoms with Gasteiger partial charge < -0.3 is 4.74 Å². The summed E-state index contributed by atoms with van der Waals surface area (Å²) in [7, 11) is 0. The molecule has 28 heavy (non-hydrogen) atoms. The third kappa shape index (κ3) is 5.40. The van der Waals surface area contributed by atoms with E-state index >= 15 is 0 Å². The molecule has 5 nitrogen and oxygen atoms in total. The fraction of sp³-hybridized carbons (Fsp3) is 0.333. The van der Waals surface area contributed by atoms with Gasteiger partial charge in [-0.25, -0.2) is 0 Å². The number of hydrazine groups is 1. The van der Waals surface area contributed by atoms with E-state index in [9.17, 15) is 9.59 Å². The molecule has 1 saturated carbocycles. The van der Waals surface area contributed by atoms with Crippen molar-refractivity contribution in [3.05, 3.63) is 63.6 Å². The molecule has 148 valence electrons. The van der Waals surface area contributed by atoms with Crippen molar-refractivity contribution in [2.45, 2.75) is 32.1 Å². The van der Waals surface area contributed by atoms with Gasteiger partial charge in [-0.15, -0.1) is 0 Å². The fourth-order valence-corrected chi connectivity index (χ4v) is 3.58. The minimum atomic E-state index is -0.250. The number of aryl methyl sites for hydroxylation is 1. The SMILES string of the molecule is Cc1cc(Cl)ccc1OCCCC(=O)NNC(=O)C1CC1c1ccccc1Cl. The van der Waals surface area contributed by atoms with Gasteiger partial charge in [-0.05, 0) is 61.1 Å². The van der Waals surface area contributed by atoms with Crippen LogP contribution in [0.4, 0.5) is 0 Å². The van der Waals surface area contributed by atoms with Gasteiger partial charge in [0.1, 0.15) is 5.75 Å². The molecule has 2 unspecified atom stereocenters. The predicted octanol–water partition coefficient (Wildman–Crippen LogP) is 4.41. The molecule has 0 bridgehead atoms. The van der Waals surface area contributed by atoms with Gasteiger partial charge >= 0.3 is 0 Å². The highest BCUT2D eigenvalue weighted by Crippen LogP contribution is 2.49. The molecule has 7 heteroatoms. The number of ether oxygens (including phenoxy) is 1. The third-order valence-corrected chi connectivity index (χ3v) is 5.28. The molecule has 0 saturated heterocycles. The molecule has 1 aliphatic carbocycles. The summed E-state index contributed by atoms with van der Waals surface area (Å²) in [6.45, 7) is 2.32. The summed E-state index contributed by atoms with van der Waals surface area (Å²) in [5.41, 5.74) is 6.89. The van der Waals surface area contributed by atoms with Crippen LogP contribution in [0.1, 0.15) is 36.3 Å². The van der Waals surface area contributed by atoms with E-state index in [-0.39, 0.29) is 30.1 Å². The summed E-state index contributed by atoms with van der Waals surface area (Å²) in [6.07, 6.45) is 1.53. The summed E-state index contributed by atoms with van der Waals surface area (Å²) >= 11 is 12.1. The van der Waals surface area contributed by atoms with Crippen molar-refractivity contribution >= 4 is 35.0 Å². The first-order valence-electron chi connectivity index (χ1n) is 9.18. The summed E-state index contributed by atoms with van der Waals surface area (Å²) < 4.78 is 5.65. The smallest absolute Gasteiger partial charge is 0.242 e. The molecule has 2 N–H and O–H groups in total. The van der Waals surface area contributed by atoms with Gasteiger partial charge in [0.25, 0.3) is 0 Å². The van der Waals surface area contributed by atoms with Crippen LogP contribution in [0, 0.1) is 12.8 Å². The maximum absolute atomic E-state index is 12.2. The molecule has 0 aliphatic heterocycles. The van der Waals surface area contributed by atoms with Crippen LogP contribution in [0.5, 0.6) is 5.75 Å². The molecule has 0 radical (unpaired) electrons. The van der Waals surface area contributed by atoms with Crippen LogP contribution in [0.15, 0.2) is 42.5 Å². The standard InChI is InChI=1S/C21H22Cl2N2O3/c1-13-11-14(22)8-9-19(13)28-10-4-7-20(26)24-25-21(27)17-12-16(17)15-5-2-3-6-18(15)23/h2-3,5-6,8-9,11,16-17H,4,7,10,12H2,1H3,(H,24,26)(H,25,27). The van der Waals surface area contributed by atoms with E-state index in [2.05, 4.69) is 10.9 Å². The van der Waals surface area contributed by atoms with E-state index in [1.165, 1.54) is 0 Å². The third-order valence-electron chi connectivity index (χ3n) is 4.70. The van der Waals surface area contributed by atoms with E-state index in [1.807, 2.05) is 43.3 Å². The lowest BCUT2D eigenvalue weighted by molar-refractivity contribution is -0.129. The summed E-state index contributed by atoms with van der Waals surface area (Å²) in [5.74, 6) is 0.265. The van der Waals surface area contributed by atoms with Crippen molar-refractivity contribution in [3.63, 3.8) is 0 Å². The number of hydrogen-bond donors (Lipinski definition) is 2. The Hall–Kier alpha value is -2.24. The van der Waals surface area contributed by atoms with Crippen molar-refractivity contribution in [2.24, 2.45) is 5.92 Å². The zero-order valence-corrected chi connectivity index (χ0v) is 17.0. The molecule has 1 fully saturated rings. The Kier molecular flexibility index (Phi) is 6.81. The van der Waals surface area contributed by atoms with Crippen molar-refractivity contribution in [1.29, 1.82) is 0 Å². The van der Waals surface area contributed by atoms with Crippen LogP contribution in [0.2, 0.25) is 10.0 Å². The lowest BCUT2D eigenvalue weighted by Crippen LogP contribution is -2.42. The number of rotatable bonds is 7. The van der Waals surface area contributed by atoms with Gasteiger partial charge in [-0.3, -0.25) is 20.4 Å². The largest absolute Gasteiger partial charge is 0.493 e. The molecule has 2 aromatic rings. The number of benzene rings is 2. The second kappa shape index (κ2) is 9.30. The van der Waals surface area contributed by atoms with Crippen molar-refractivity contribution in [2.75, 3.05) is 6.61 Å². The van der Waals surface area contributed by atoms with Gasteiger partial charge in [-0.2, -0.15) is 0 Å². The van der Waals surface area contributed by atoms with Crippen LogP contribution in [0.25, 0.3) is 0 Å². The lowest BCUT2D eigenvalue weighted by Gasteiger charge is -2.10. The Morgan fingerprint density at radius 1 is 1.14 bits per heavy atom. The number of carbonyl (C=O) groups is 2. The lowest BCUT2D eigenvalue weighted by atomic mass is 10.1. The average Bonchev–Trinajstić information content (AvgIpc) is 3.45. The molecule has 0 aromatic heterocycles. The minimum Gasteiger partial charge on any atom is -0.493 e. The zero-order chi connectivity index (χ0) is 20.1. The molecule has 1 aliphatic rings. The van der Waals surface area contributed by atoms with E-state index in [4.69, 9.17) is 27.9 Å². The molecule has 0 spiro atoms. The van der Waals surface area contributed by atoms with Gasteiger partial charge in [0, 0.05) is 22.4 Å². The predicted molar refractivity (Wildman–Crippen MR) is 110 cm³/mol. The van der Waals surface area contributed by atoms with Gasteiger partial charge in [-0.1, -0.05) is 41.4 Å². The molecule has 2 aromatic carbocycles. The molecule has 3 rings (SSSR count). The van der Waals surface area contributed by atoms with Gasteiger partial charge in [0.2, 0.25) is 11.8 Å². The van der Waals surface area contributed by atoms with Crippen LogP contribution in [-0.2, 0) is 9.59 Å². The highest BCUT2D eigenvalue weighted by molar-refractivity contribution is 6.31. The van der Waals surface area contributed by atoms with Gasteiger partial charge in [0.15, 0.2) is 0 Å². The second-order valence-electron chi connectivity index (χ2n) is 6.87. The summed E-state index contributed by atoms with van der Waals surface area (Å²) in [5, 5.41) is 1.33. The summed E-state index contributed by atoms with van der Waals surface area (Å²) in [4.78, 5) is 24.1. The minimum absolute atomic E-state index is 0.113. The van der Waals surface area contributed by atoms with Crippen LogP contribution < -0.4 is 15.6 Å². The number of carbonyl (C=O) groups excluding carboxylic acids is 2. The normalized spacial score (nSPS) is 17.7. The number of nitrogens with one attached hydrogen (secondary N) is 2. The molecule has 2 atom stereocenters. The number of halogens is 2. The van der Waals surface area contributed by atoms with E-state index in [1.54, 1.807) is 6.07 Å². The van der Waals surface area contributed by atoms with Gasteiger partial charge in [0.05, 0.1) is 6.61 Å². The maximum atomic E-state index is 12.2. The monoisotopic (exact) mass is 420 g/mol. The van der Waals surface area contributed by atoms with Crippen LogP contribution in [-0.4, -0.2) is 18.4 Å². The summed E-state index contributed by atoms with van der Waals surface area (Å²) in [6, 6.07) is 12.9. The van der Waals surface area contributed by atoms with Crippen LogP contribution >= 0.6 is 23.2 Å². The zero-order valence-electron chi connectivity index (χ0n) is 15.5. The molecular formula is C21H22Cl2N2O3. The first kappa shape index (κ1) is 20.5. The first-order valence-corrected chi connectivity index (χ1v) is 9.93. The Balaban J connectivity index is 1.33.